The zero-order valence-corrected chi connectivity index (χ0v) is 24.7. The number of esters is 2. The van der Waals surface area contributed by atoms with Crippen LogP contribution in [-0.2, 0) is 19.1 Å². The van der Waals surface area contributed by atoms with Crippen LogP contribution in [0.1, 0.15) is 140 Å². The van der Waals surface area contributed by atoms with Crippen molar-refractivity contribution in [2.45, 2.75) is 142 Å². The lowest BCUT2D eigenvalue weighted by atomic mass is 10.0. The molecule has 0 saturated heterocycles. The molecule has 2 unspecified atom stereocenters. The second-order valence-corrected chi connectivity index (χ2v) is 10.6. The van der Waals surface area contributed by atoms with Crippen LogP contribution in [0.3, 0.4) is 0 Å². The summed E-state index contributed by atoms with van der Waals surface area (Å²) in [5, 5.41) is 12.2. The lowest BCUT2D eigenvalue weighted by Gasteiger charge is -2.15. The Hall–Kier alpha value is -2.57. The number of rotatable bonds is 24. The van der Waals surface area contributed by atoms with E-state index >= 15 is 0 Å². The zero-order chi connectivity index (χ0) is 28.7. The summed E-state index contributed by atoms with van der Waals surface area (Å²) in [6.07, 6.45) is 20.6. The molecule has 222 valence electrons. The highest BCUT2D eigenvalue weighted by atomic mass is 16.6. The number of hydrogen-bond acceptors (Lipinski definition) is 6. The molecule has 0 spiro atoms. The smallest absolute Gasteiger partial charge is 0.348 e. The van der Waals surface area contributed by atoms with Gasteiger partial charge in [-0.3, -0.25) is 0 Å². The molecule has 0 fully saturated rings. The molecule has 7 heteroatoms. The largest absolute Gasteiger partial charge is 0.479 e. The van der Waals surface area contributed by atoms with Gasteiger partial charge in [0, 0.05) is 12.2 Å². The highest BCUT2D eigenvalue weighted by molar-refractivity contribution is 5.92. The molecule has 0 aliphatic carbocycles. The topological polar surface area (TPSA) is 102 Å². The van der Waals surface area contributed by atoms with Crippen molar-refractivity contribution in [2.24, 2.45) is 0 Å². The Labute approximate surface area is 236 Å². The number of unbranched alkanes of at least 4 members (excludes halogenated alkanes) is 16. The molecular weight excluding hydrogens is 494 g/mol. The summed E-state index contributed by atoms with van der Waals surface area (Å²) in [7, 11) is 0. The van der Waals surface area contributed by atoms with E-state index in [2.05, 4.69) is 12.2 Å². The Morgan fingerprint density at radius 2 is 1.10 bits per heavy atom. The van der Waals surface area contributed by atoms with Crippen LogP contribution in [0.25, 0.3) is 0 Å². The molecule has 0 aliphatic heterocycles. The highest BCUT2D eigenvalue weighted by Gasteiger charge is 2.24. The standard InChI is InChI=1S/C32H53NO6/c1-4-5-6-7-8-9-10-11-12-13-14-15-16-17-18-19-20-25-33-29-23-21-28(22-24-29)32(37)39-27(3)31(36)38-26(2)30(34)35/h21-24,26-27,33H,4-20,25H2,1-3H3,(H,34,35). The van der Waals surface area contributed by atoms with Crippen LogP contribution in [-0.4, -0.2) is 41.8 Å². The number of anilines is 1. The number of nitrogens with one attached hydrogen (secondary N) is 1. The summed E-state index contributed by atoms with van der Waals surface area (Å²) in [4.78, 5) is 34.9. The van der Waals surface area contributed by atoms with Gasteiger partial charge in [-0.1, -0.05) is 110 Å². The molecule has 1 aromatic rings. The van der Waals surface area contributed by atoms with Crippen LogP contribution < -0.4 is 5.32 Å². The first kappa shape index (κ1) is 34.5. The number of ether oxygens (including phenoxy) is 2. The summed E-state index contributed by atoms with van der Waals surface area (Å²) in [5.41, 5.74) is 1.23. The van der Waals surface area contributed by atoms with Gasteiger partial charge in [0.25, 0.3) is 0 Å². The van der Waals surface area contributed by atoms with Gasteiger partial charge in [0.15, 0.2) is 12.2 Å². The number of carbonyl (C=O) groups excluding carboxylic acids is 2. The van der Waals surface area contributed by atoms with Gasteiger partial charge in [0.2, 0.25) is 0 Å². The molecule has 0 saturated carbocycles. The Balaban J connectivity index is 2.01. The van der Waals surface area contributed by atoms with Crippen molar-refractivity contribution in [2.75, 3.05) is 11.9 Å². The van der Waals surface area contributed by atoms with Crippen molar-refractivity contribution >= 4 is 23.6 Å². The minimum Gasteiger partial charge on any atom is -0.479 e. The van der Waals surface area contributed by atoms with Crippen LogP contribution >= 0.6 is 0 Å². The molecule has 0 aromatic heterocycles. The molecule has 2 atom stereocenters. The van der Waals surface area contributed by atoms with E-state index in [-0.39, 0.29) is 0 Å². The van der Waals surface area contributed by atoms with E-state index < -0.39 is 30.1 Å². The average molecular weight is 548 g/mol. The summed E-state index contributed by atoms with van der Waals surface area (Å²) >= 11 is 0. The SMILES string of the molecule is CCCCCCCCCCCCCCCCCCCNc1ccc(C(=O)OC(C)C(=O)OC(C)C(=O)O)cc1. The van der Waals surface area contributed by atoms with Gasteiger partial charge >= 0.3 is 17.9 Å². The fourth-order valence-corrected chi connectivity index (χ4v) is 4.40. The van der Waals surface area contributed by atoms with Crippen molar-refractivity contribution in [1.82, 2.24) is 0 Å². The monoisotopic (exact) mass is 547 g/mol. The Bertz CT molecular complexity index is 794. The first-order chi connectivity index (χ1) is 18.8. The van der Waals surface area contributed by atoms with Gasteiger partial charge in [0.05, 0.1) is 5.56 Å². The number of carbonyl (C=O) groups is 3. The van der Waals surface area contributed by atoms with Crippen LogP contribution in [0.5, 0.6) is 0 Å². The predicted molar refractivity (Wildman–Crippen MR) is 157 cm³/mol. The van der Waals surface area contributed by atoms with E-state index in [1.807, 2.05) is 0 Å². The maximum atomic E-state index is 12.3. The predicted octanol–water partition coefficient (Wildman–Crippen LogP) is 8.31. The third-order valence-corrected chi connectivity index (χ3v) is 6.99. The minimum absolute atomic E-state index is 0.310. The molecule has 0 aliphatic rings. The maximum absolute atomic E-state index is 12.3. The number of benzene rings is 1. The molecular formula is C32H53NO6. The Kier molecular flexibility index (Phi) is 19.7. The third-order valence-electron chi connectivity index (χ3n) is 6.99. The lowest BCUT2D eigenvalue weighted by Crippen LogP contribution is -2.32. The van der Waals surface area contributed by atoms with Crippen molar-refractivity contribution in [3.8, 4) is 0 Å². The molecule has 0 bridgehead atoms. The van der Waals surface area contributed by atoms with Crippen LogP contribution in [0.4, 0.5) is 5.69 Å². The van der Waals surface area contributed by atoms with Gasteiger partial charge in [0.1, 0.15) is 0 Å². The second kappa shape index (κ2) is 22.3. The van der Waals surface area contributed by atoms with Gasteiger partial charge in [-0.05, 0) is 44.5 Å². The molecule has 7 nitrogen and oxygen atoms in total. The van der Waals surface area contributed by atoms with Crippen molar-refractivity contribution in [3.05, 3.63) is 29.8 Å². The van der Waals surface area contributed by atoms with E-state index in [4.69, 9.17) is 14.6 Å². The fourth-order valence-electron chi connectivity index (χ4n) is 4.40. The number of carboxylic acid groups (broad SMARTS) is 1. The highest BCUT2D eigenvalue weighted by Crippen LogP contribution is 2.15. The van der Waals surface area contributed by atoms with Crippen LogP contribution in [0.15, 0.2) is 24.3 Å². The van der Waals surface area contributed by atoms with Gasteiger partial charge in [-0.2, -0.15) is 0 Å². The van der Waals surface area contributed by atoms with E-state index in [0.717, 1.165) is 18.7 Å². The van der Waals surface area contributed by atoms with Gasteiger partial charge < -0.3 is 19.9 Å². The molecule has 0 radical (unpaired) electrons. The van der Waals surface area contributed by atoms with Crippen molar-refractivity contribution in [1.29, 1.82) is 0 Å². The summed E-state index contributed by atoms with van der Waals surface area (Å²) in [6.45, 7) is 5.74. The first-order valence-electron chi connectivity index (χ1n) is 15.3. The van der Waals surface area contributed by atoms with Gasteiger partial charge in [-0.25, -0.2) is 14.4 Å². The van der Waals surface area contributed by atoms with Crippen LogP contribution in [0, 0.1) is 0 Å². The molecule has 1 aromatic carbocycles. The van der Waals surface area contributed by atoms with Crippen molar-refractivity contribution < 1.29 is 29.0 Å². The zero-order valence-electron chi connectivity index (χ0n) is 24.7. The molecule has 1 rings (SSSR count). The summed E-state index contributed by atoms with van der Waals surface area (Å²) in [6, 6.07) is 6.88. The van der Waals surface area contributed by atoms with E-state index in [1.165, 1.54) is 117 Å². The third kappa shape index (κ3) is 17.6. The molecule has 39 heavy (non-hydrogen) atoms. The molecule has 2 N–H and O–H groups in total. The average Bonchev–Trinajstić information content (AvgIpc) is 2.92. The number of hydrogen-bond donors (Lipinski definition) is 2. The first-order valence-corrected chi connectivity index (χ1v) is 15.3. The van der Waals surface area contributed by atoms with Crippen molar-refractivity contribution in [3.63, 3.8) is 0 Å². The molecule has 0 heterocycles. The molecule has 0 amide bonds. The second-order valence-electron chi connectivity index (χ2n) is 10.6. The normalized spacial score (nSPS) is 12.5. The Morgan fingerprint density at radius 3 is 1.54 bits per heavy atom. The number of aliphatic carboxylic acids is 1. The van der Waals surface area contributed by atoms with Gasteiger partial charge in [-0.15, -0.1) is 0 Å². The minimum atomic E-state index is -1.30. The van der Waals surface area contributed by atoms with E-state index in [0.29, 0.717) is 5.56 Å². The summed E-state index contributed by atoms with van der Waals surface area (Å²) in [5.74, 6) is -2.83. The number of carboxylic acids is 1. The quantitative estimate of drug-likeness (QED) is 0.0991. The van der Waals surface area contributed by atoms with E-state index in [1.54, 1.807) is 24.3 Å². The Morgan fingerprint density at radius 1 is 0.667 bits per heavy atom. The lowest BCUT2D eigenvalue weighted by molar-refractivity contribution is -0.168. The van der Waals surface area contributed by atoms with Crippen LogP contribution in [0.2, 0.25) is 0 Å². The van der Waals surface area contributed by atoms with E-state index in [9.17, 15) is 14.4 Å². The maximum Gasteiger partial charge on any atom is 0.348 e. The fraction of sp³-hybridized carbons (Fsp3) is 0.719. The summed E-state index contributed by atoms with van der Waals surface area (Å²) < 4.78 is 9.82.